The van der Waals surface area contributed by atoms with E-state index in [4.69, 9.17) is 9.47 Å². The maximum absolute atomic E-state index is 10.9. The molecule has 0 heterocycles. The minimum absolute atomic E-state index is 0.189. The van der Waals surface area contributed by atoms with E-state index in [1.54, 1.807) is 13.8 Å². The van der Waals surface area contributed by atoms with E-state index in [9.17, 15) is 4.79 Å². The molecule has 0 aromatic carbocycles. The zero-order chi connectivity index (χ0) is 9.68. The summed E-state index contributed by atoms with van der Waals surface area (Å²) in [6.45, 7) is 3.57. The molecular formula is C10H18O3. The van der Waals surface area contributed by atoms with Crippen molar-refractivity contribution in [2.24, 2.45) is 0 Å². The van der Waals surface area contributed by atoms with Crippen LogP contribution in [0.3, 0.4) is 0 Å². The van der Waals surface area contributed by atoms with Gasteiger partial charge in [0.25, 0.3) is 0 Å². The molecule has 13 heavy (non-hydrogen) atoms. The molecular weight excluding hydrogens is 168 g/mol. The standard InChI is InChI=1S/C10H18O3/c1-3-10(11)13-8(2)12-9-6-4-5-7-9/h8-9H,3-7H2,1-2H3. The molecule has 0 aromatic heterocycles. The Labute approximate surface area is 79.4 Å². The van der Waals surface area contributed by atoms with E-state index < -0.39 is 0 Å². The van der Waals surface area contributed by atoms with Crippen molar-refractivity contribution in [3.05, 3.63) is 0 Å². The van der Waals surface area contributed by atoms with Gasteiger partial charge in [-0.05, 0) is 19.8 Å². The maximum Gasteiger partial charge on any atom is 0.307 e. The number of hydrogen-bond donors (Lipinski definition) is 0. The van der Waals surface area contributed by atoms with Crippen LogP contribution in [0.2, 0.25) is 0 Å². The van der Waals surface area contributed by atoms with Gasteiger partial charge >= 0.3 is 5.97 Å². The first-order valence-electron chi connectivity index (χ1n) is 5.07. The van der Waals surface area contributed by atoms with Crippen molar-refractivity contribution in [1.82, 2.24) is 0 Å². The van der Waals surface area contributed by atoms with Gasteiger partial charge in [-0.3, -0.25) is 4.79 Å². The van der Waals surface area contributed by atoms with Crippen molar-refractivity contribution in [3.8, 4) is 0 Å². The molecule has 0 amide bonds. The molecule has 1 fully saturated rings. The van der Waals surface area contributed by atoms with E-state index in [1.165, 1.54) is 12.8 Å². The first-order chi connectivity index (χ1) is 6.22. The van der Waals surface area contributed by atoms with E-state index in [2.05, 4.69) is 0 Å². The molecule has 1 rings (SSSR count). The van der Waals surface area contributed by atoms with E-state index in [-0.39, 0.29) is 12.3 Å². The van der Waals surface area contributed by atoms with Crippen LogP contribution in [0, 0.1) is 0 Å². The van der Waals surface area contributed by atoms with Crippen molar-refractivity contribution >= 4 is 5.97 Å². The molecule has 1 unspecified atom stereocenters. The van der Waals surface area contributed by atoms with Gasteiger partial charge < -0.3 is 9.47 Å². The van der Waals surface area contributed by atoms with Gasteiger partial charge in [-0.15, -0.1) is 0 Å². The average Bonchev–Trinajstić information content (AvgIpc) is 2.56. The minimum Gasteiger partial charge on any atom is -0.436 e. The van der Waals surface area contributed by atoms with Crippen molar-refractivity contribution < 1.29 is 14.3 Å². The van der Waals surface area contributed by atoms with Gasteiger partial charge in [-0.25, -0.2) is 0 Å². The van der Waals surface area contributed by atoms with Crippen molar-refractivity contribution in [2.45, 2.75) is 58.3 Å². The number of esters is 1. The highest BCUT2D eigenvalue weighted by Gasteiger charge is 2.19. The Kier molecular flexibility index (Phi) is 4.22. The third-order valence-corrected chi connectivity index (χ3v) is 2.27. The molecule has 0 radical (unpaired) electrons. The molecule has 0 spiro atoms. The predicted octanol–water partition coefficient (Wildman–Crippen LogP) is 2.24. The third-order valence-electron chi connectivity index (χ3n) is 2.27. The quantitative estimate of drug-likeness (QED) is 0.499. The van der Waals surface area contributed by atoms with Gasteiger partial charge in [0, 0.05) is 6.42 Å². The van der Waals surface area contributed by atoms with E-state index in [0.29, 0.717) is 12.5 Å². The number of hydrogen-bond acceptors (Lipinski definition) is 3. The summed E-state index contributed by atoms with van der Waals surface area (Å²) in [5, 5.41) is 0. The summed E-state index contributed by atoms with van der Waals surface area (Å²) in [7, 11) is 0. The second-order valence-corrected chi connectivity index (χ2v) is 3.45. The van der Waals surface area contributed by atoms with Crippen LogP contribution >= 0.6 is 0 Å². The van der Waals surface area contributed by atoms with Crippen LogP contribution in [-0.2, 0) is 14.3 Å². The first kappa shape index (κ1) is 10.5. The molecule has 1 aliphatic carbocycles. The normalized spacial score (nSPS) is 20.2. The lowest BCUT2D eigenvalue weighted by Gasteiger charge is -2.18. The third kappa shape index (κ3) is 3.77. The van der Waals surface area contributed by atoms with Crippen LogP contribution in [-0.4, -0.2) is 18.4 Å². The molecule has 1 saturated carbocycles. The summed E-state index contributed by atoms with van der Waals surface area (Å²) >= 11 is 0. The fourth-order valence-corrected chi connectivity index (χ4v) is 1.59. The lowest BCUT2D eigenvalue weighted by atomic mass is 10.3. The van der Waals surface area contributed by atoms with Crippen LogP contribution in [0.15, 0.2) is 0 Å². The minimum atomic E-state index is -0.379. The Balaban J connectivity index is 2.16. The zero-order valence-electron chi connectivity index (χ0n) is 8.41. The molecule has 3 heteroatoms. The summed E-state index contributed by atoms with van der Waals surface area (Å²) in [6, 6.07) is 0. The SMILES string of the molecule is CCC(=O)OC(C)OC1CCCC1. The van der Waals surface area contributed by atoms with Crippen LogP contribution < -0.4 is 0 Å². The van der Waals surface area contributed by atoms with Crippen LogP contribution in [0.1, 0.15) is 46.0 Å². The molecule has 3 nitrogen and oxygen atoms in total. The first-order valence-corrected chi connectivity index (χ1v) is 5.07. The second-order valence-electron chi connectivity index (χ2n) is 3.45. The maximum atomic E-state index is 10.9. The number of carbonyl (C=O) groups excluding carboxylic acids is 1. The number of ether oxygens (including phenoxy) is 2. The summed E-state index contributed by atoms with van der Waals surface area (Å²) in [4.78, 5) is 10.9. The predicted molar refractivity (Wildman–Crippen MR) is 49.2 cm³/mol. The van der Waals surface area contributed by atoms with Gasteiger partial charge in [-0.2, -0.15) is 0 Å². The fraction of sp³-hybridized carbons (Fsp3) is 0.900. The van der Waals surface area contributed by atoms with Crippen molar-refractivity contribution in [3.63, 3.8) is 0 Å². The molecule has 0 saturated heterocycles. The molecule has 1 atom stereocenters. The van der Waals surface area contributed by atoms with E-state index >= 15 is 0 Å². The van der Waals surface area contributed by atoms with Crippen molar-refractivity contribution in [1.29, 1.82) is 0 Å². The summed E-state index contributed by atoms with van der Waals surface area (Å²) in [6.07, 6.45) is 5.02. The Morgan fingerprint density at radius 2 is 2.08 bits per heavy atom. The van der Waals surface area contributed by atoms with Crippen molar-refractivity contribution in [2.75, 3.05) is 0 Å². The lowest BCUT2D eigenvalue weighted by molar-refractivity contribution is -0.183. The number of rotatable bonds is 4. The monoisotopic (exact) mass is 186 g/mol. The summed E-state index contributed by atoms with van der Waals surface area (Å²) in [5.74, 6) is -0.189. The second kappa shape index (κ2) is 5.22. The number of carbonyl (C=O) groups is 1. The molecule has 0 N–H and O–H groups in total. The van der Waals surface area contributed by atoms with Gasteiger partial charge in [0.05, 0.1) is 6.10 Å². The average molecular weight is 186 g/mol. The molecule has 0 bridgehead atoms. The summed E-state index contributed by atoms with van der Waals surface area (Å²) < 4.78 is 10.5. The van der Waals surface area contributed by atoms with Gasteiger partial charge in [0.2, 0.25) is 0 Å². The van der Waals surface area contributed by atoms with E-state index in [1.807, 2.05) is 0 Å². The largest absolute Gasteiger partial charge is 0.436 e. The Morgan fingerprint density at radius 3 is 2.62 bits per heavy atom. The smallest absolute Gasteiger partial charge is 0.307 e. The highest BCUT2D eigenvalue weighted by Crippen LogP contribution is 2.22. The van der Waals surface area contributed by atoms with Crippen LogP contribution in [0.5, 0.6) is 0 Å². The van der Waals surface area contributed by atoms with Crippen LogP contribution in [0.4, 0.5) is 0 Å². The molecule has 1 aliphatic rings. The molecule has 0 aromatic rings. The van der Waals surface area contributed by atoms with Gasteiger partial charge in [0.1, 0.15) is 0 Å². The highest BCUT2D eigenvalue weighted by atomic mass is 16.7. The Bertz CT molecular complexity index is 162. The van der Waals surface area contributed by atoms with Crippen LogP contribution in [0.25, 0.3) is 0 Å². The topological polar surface area (TPSA) is 35.5 Å². The zero-order valence-corrected chi connectivity index (χ0v) is 8.41. The summed E-state index contributed by atoms with van der Waals surface area (Å²) in [5.41, 5.74) is 0. The lowest BCUT2D eigenvalue weighted by Crippen LogP contribution is -2.22. The molecule has 0 aliphatic heterocycles. The Morgan fingerprint density at radius 1 is 1.46 bits per heavy atom. The Hall–Kier alpha value is -0.570. The molecule has 76 valence electrons. The van der Waals surface area contributed by atoms with E-state index in [0.717, 1.165) is 12.8 Å². The van der Waals surface area contributed by atoms with Gasteiger partial charge in [-0.1, -0.05) is 19.8 Å². The highest BCUT2D eigenvalue weighted by molar-refractivity contribution is 5.68. The van der Waals surface area contributed by atoms with Gasteiger partial charge in [0.15, 0.2) is 6.29 Å². The fourth-order valence-electron chi connectivity index (χ4n) is 1.59.